The Hall–Kier alpha value is -2.32. The lowest BCUT2D eigenvalue weighted by molar-refractivity contribution is -0.117. The number of carbonyl (C=O) groups excluding carboxylic acids is 1. The van der Waals surface area contributed by atoms with Gasteiger partial charge in [0.2, 0.25) is 11.8 Å². The first-order valence-electron chi connectivity index (χ1n) is 7.52. The Morgan fingerprint density at radius 3 is 2.96 bits per heavy atom. The molecule has 1 amide bonds. The van der Waals surface area contributed by atoms with Crippen LogP contribution in [0.4, 0.5) is 14.7 Å². The molecule has 0 bridgehead atoms. The van der Waals surface area contributed by atoms with E-state index >= 15 is 0 Å². The van der Waals surface area contributed by atoms with Crippen molar-refractivity contribution in [2.24, 2.45) is 0 Å². The number of nitrogens with one attached hydrogen (secondary N) is 1. The van der Waals surface area contributed by atoms with Gasteiger partial charge in [0, 0.05) is 24.2 Å². The van der Waals surface area contributed by atoms with Gasteiger partial charge in [-0.1, -0.05) is 5.16 Å². The third-order valence-corrected chi connectivity index (χ3v) is 3.94. The standard InChI is InChI=1S/C16H17F2N3O3/c1-9-4-16(24-20-9)19-15(23)8-21-7-11(22)6-14(21)12-5-10(17)2-3-13(12)18/h2-5,11,14,22H,6-8H2,1H3,(H,19,23)/t11-,14-/m1/s1. The molecule has 2 heterocycles. The lowest BCUT2D eigenvalue weighted by atomic mass is 10.0. The molecule has 24 heavy (non-hydrogen) atoms. The van der Waals surface area contributed by atoms with Gasteiger partial charge in [0.1, 0.15) is 11.6 Å². The van der Waals surface area contributed by atoms with Crippen molar-refractivity contribution in [1.29, 1.82) is 0 Å². The lowest BCUT2D eigenvalue weighted by Gasteiger charge is -2.24. The van der Waals surface area contributed by atoms with Gasteiger partial charge in [0.15, 0.2) is 0 Å². The maximum atomic E-state index is 14.0. The van der Waals surface area contributed by atoms with Crippen molar-refractivity contribution in [2.45, 2.75) is 25.5 Å². The van der Waals surface area contributed by atoms with E-state index in [4.69, 9.17) is 4.52 Å². The van der Waals surface area contributed by atoms with Crippen molar-refractivity contribution in [3.63, 3.8) is 0 Å². The molecule has 1 fully saturated rings. The summed E-state index contributed by atoms with van der Waals surface area (Å²) in [6, 6.07) is 4.18. The number of likely N-dealkylation sites (tertiary alicyclic amines) is 1. The predicted octanol–water partition coefficient (Wildman–Crippen LogP) is 2.01. The van der Waals surface area contributed by atoms with Crippen LogP contribution < -0.4 is 5.32 Å². The average Bonchev–Trinajstić information content (AvgIpc) is 3.07. The molecule has 6 nitrogen and oxygen atoms in total. The minimum atomic E-state index is -0.710. The van der Waals surface area contributed by atoms with Crippen LogP contribution in [0.25, 0.3) is 0 Å². The number of hydrogen-bond acceptors (Lipinski definition) is 5. The highest BCUT2D eigenvalue weighted by Crippen LogP contribution is 2.33. The summed E-state index contributed by atoms with van der Waals surface area (Å²) in [5.74, 6) is -1.30. The van der Waals surface area contributed by atoms with Crippen molar-refractivity contribution in [2.75, 3.05) is 18.4 Å². The first-order chi connectivity index (χ1) is 11.4. The highest BCUT2D eigenvalue weighted by atomic mass is 19.1. The highest BCUT2D eigenvalue weighted by molar-refractivity contribution is 5.91. The van der Waals surface area contributed by atoms with Gasteiger partial charge in [-0.05, 0) is 31.5 Å². The Labute approximate surface area is 137 Å². The lowest BCUT2D eigenvalue weighted by Crippen LogP contribution is -2.34. The molecule has 3 rings (SSSR count). The van der Waals surface area contributed by atoms with Crippen LogP contribution in [-0.2, 0) is 4.79 Å². The van der Waals surface area contributed by atoms with Gasteiger partial charge >= 0.3 is 0 Å². The summed E-state index contributed by atoms with van der Waals surface area (Å²) < 4.78 is 32.3. The summed E-state index contributed by atoms with van der Waals surface area (Å²) in [5, 5.41) is 16.1. The molecule has 0 saturated carbocycles. The van der Waals surface area contributed by atoms with E-state index in [0.717, 1.165) is 18.2 Å². The molecular weight excluding hydrogens is 320 g/mol. The van der Waals surface area contributed by atoms with E-state index in [1.54, 1.807) is 17.9 Å². The van der Waals surface area contributed by atoms with Crippen molar-refractivity contribution < 1.29 is 23.2 Å². The Morgan fingerprint density at radius 1 is 1.46 bits per heavy atom. The zero-order valence-corrected chi connectivity index (χ0v) is 13.0. The van der Waals surface area contributed by atoms with Gasteiger partial charge in [-0.2, -0.15) is 0 Å². The van der Waals surface area contributed by atoms with E-state index in [0.29, 0.717) is 5.69 Å². The van der Waals surface area contributed by atoms with Crippen LogP contribution in [0.5, 0.6) is 0 Å². The second kappa shape index (κ2) is 6.66. The number of aromatic nitrogens is 1. The number of aliphatic hydroxyl groups is 1. The topological polar surface area (TPSA) is 78.6 Å². The van der Waals surface area contributed by atoms with Gasteiger partial charge in [-0.25, -0.2) is 8.78 Å². The number of benzene rings is 1. The average molecular weight is 337 g/mol. The molecule has 1 saturated heterocycles. The summed E-state index contributed by atoms with van der Waals surface area (Å²) in [7, 11) is 0. The molecule has 128 valence electrons. The molecule has 0 spiro atoms. The van der Waals surface area contributed by atoms with Crippen LogP contribution in [0.15, 0.2) is 28.8 Å². The van der Waals surface area contributed by atoms with E-state index in [1.807, 2.05) is 0 Å². The SMILES string of the molecule is Cc1cc(NC(=O)CN2C[C@H](O)C[C@@H]2c2cc(F)ccc2F)on1. The van der Waals surface area contributed by atoms with Crippen LogP contribution in [0.1, 0.15) is 23.7 Å². The third kappa shape index (κ3) is 3.60. The normalized spacial score (nSPS) is 21.2. The fourth-order valence-corrected chi connectivity index (χ4v) is 2.93. The number of aryl methyl sites for hydroxylation is 1. The molecule has 2 N–H and O–H groups in total. The fraction of sp³-hybridized carbons (Fsp3) is 0.375. The van der Waals surface area contributed by atoms with Crippen LogP contribution >= 0.6 is 0 Å². The van der Waals surface area contributed by atoms with Crippen molar-refractivity contribution in [1.82, 2.24) is 10.1 Å². The van der Waals surface area contributed by atoms with E-state index < -0.39 is 23.8 Å². The first kappa shape index (κ1) is 16.5. The molecule has 0 unspecified atom stereocenters. The summed E-state index contributed by atoms with van der Waals surface area (Å²) >= 11 is 0. The molecular formula is C16H17F2N3O3. The largest absolute Gasteiger partial charge is 0.392 e. The maximum absolute atomic E-state index is 14.0. The minimum Gasteiger partial charge on any atom is -0.392 e. The Kier molecular flexibility index (Phi) is 4.59. The monoisotopic (exact) mass is 337 g/mol. The molecule has 2 aromatic rings. The number of halogens is 2. The predicted molar refractivity (Wildman–Crippen MR) is 81.2 cm³/mol. The van der Waals surface area contributed by atoms with Crippen molar-refractivity contribution >= 4 is 11.8 Å². The molecule has 0 aliphatic carbocycles. The Morgan fingerprint density at radius 2 is 2.25 bits per heavy atom. The van der Waals surface area contributed by atoms with Gasteiger partial charge in [0.25, 0.3) is 0 Å². The zero-order chi connectivity index (χ0) is 17.3. The van der Waals surface area contributed by atoms with Crippen molar-refractivity contribution in [3.8, 4) is 0 Å². The minimum absolute atomic E-state index is 0.0859. The quantitative estimate of drug-likeness (QED) is 0.892. The molecule has 0 radical (unpaired) electrons. The summed E-state index contributed by atoms with van der Waals surface area (Å²) in [6.45, 7) is 1.83. The van der Waals surface area contributed by atoms with Crippen LogP contribution in [0, 0.1) is 18.6 Å². The molecule has 1 aliphatic heterocycles. The molecule has 1 aliphatic rings. The number of rotatable bonds is 4. The van der Waals surface area contributed by atoms with Crippen molar-refractivity contribution in [3.05, 3.63) is 47.2 Å². The Bertz CT molecular complexity index is 750. The number of carbonyl (C=O) groups is 1. The number of β-amino-alcohol motifs (C(OH)–C–C–N with tert-alkyl or cyclic N) is 1. The molecule has 1 aromatic heterocycles. The van der Waals surface area contributed by atoms with Gasteiger partial charge in [-0.15, -0.1) is 0 Å². The van der Waals surface area contributed by atoms with Crippen LogP contribution in [0.3, 0.4) is 0 Å². The second-order valence-electron chi connectivity index (χ2n) is 5.88. The third-order valence-electron chi connectivity index (χ3n) is 3.94. The Balaban J connectivity index is 1.73. The molecule has 1 aromatic carbocycles. The summed E-state index contributed by atoms with van der Waals surface area (Å²) in [5.41, 5.74) is 0.761. The first-order valence-corrected chi connectivity index (χ1v) is 7.52. The molecule has 8 heteroatoms. The fourth-order valence-electron chi connectivity index (χ4n) is 2.93. The number of anilines is 1. The van der Waals surface area contributed by atoms with E-state index in [1.165, 1.54) is 0 Å². The van der Waals surface area contributed by atoms with E-state index in [-0.39, 0.29) is 36.9 Å². The smallest absolute Gasteiger partial charge is 0.240 e. The van der Waals surface area contributed by atoms with Gasteiger partial charge in [-0.3, -0.25) is 15.0 Å². The van der Waals surface area contributed by atoms with E-state index in [9.17, 15) is 18.7 Å². The van der Waals surface area contributed by atoms with Crippen LogP contribution in [0.2, 0.25) is 0 Å². The number of amides is 1. The van der Waals surface area contributed by atoms with Gasteiger partial charge in [0.05, 0.1) is 18.3 Å². The number of aliphatic hydroxyl groups excluding tert-OH is 1. The molecule has 2 atom stereocenters. The number of nitrogens with zero attached hydrogens (tertiary/aromatic N) is 2. The second-order valence-corrected chi connectivity index (χ2v) is 5.88. The van der Waals surface area contributed by atoms with Crippen LogP contribution in [-0.4, -0.2) is 40.3 Å². The highest BCUT2D eigenvalue weighted by Gasteiger charge is 2.35. The zero-order valence-electron chi connectivity index (χ0n) is 13.0. The summed E-state index contributed by atoms with van der Waals surface area (Å²) in [4.78, 5) is 13.7. The number of hydrogen-bond donors (Lipinski definition) is 2. The maximum Gasteiger partial charge on any atom is 0.240 e. The van der Waals surface area contributed by atoms with E-state index in [2.05, 4.69) is 10.5 Å². The summed E-state index contributed by atoms with van der Waals surface area (Å²) in [6.07, 6.45) is -0.479. The van der Waals surface area contributed by atoms with Gasteiger partial charge < -0.3 is 9.63 Å².